The van der Waals surface area contributed by atoms with Gasteiger partial charge in [0.15, 0.2) is 4.75 Å². The molecule has 3 rings (SSSR count). The predicted molar refractivity (Wildman–Crippen MR) is 109 cm³/mol. The van der Waals surface area contributed by atoms with Gasteiger partial charge in [0.25, 0.3) is 0 Å². The Kier molecular flexibility index (Phi) is 5.51. The zero-order valence-corrected chi connectivity index (χ0v) is 17.0. The number of benzene rings is 2. The minimum absolute atomic E-state index is 0.239. The number of hydrogen-bond donors (Lipinski definition) is 1. The quantitative estimate of drug-likeness (QED) is 0.828. The van der Waals surface area contributed by atoms with Crippen molar-refractivity contribution < 1.29 is 22.7 Å². The first-order valence-corrected chi connectivity index (χ1v) is 10.4. The number of nitrogens with zero attached hydrogens (tertiary/aromatic N) is 1. The summed E-state index contributed by atoms with van der Waals surface area (Å²) in [5, 5.41) is 2.73. The van der Waals surface area contributed by atoms with Crippen molar-refractivity contribution in [2.75, 3.05) is 30.4 Å². The van der Waals surface area contributed by atoms with Crippen molar-refractivity contribution in [1.82, 2.24) is 0 Å². The number of sulfonamides is 1. The summed E-state index contributed by atoms with van der Waals surface area (Å²) in [7, 11) is -0.911. The summed E-state index contributed by atoms with van der Waals surface area (Å²) in [5.74, 6) is 0.377. The van der Waals surface area contributed by atoms with E-state index in [1.54, 1.807) is 42.5 Å². The Morgan fingerprint density at radius 2 is 1.82 bits per heavy atom. The summed E-state index contributed by atoms with van der Waals surface area (Å²) in [4.78, 5) is 13.1. The Bertz CT molecular complexity index is 962. The average Bonchev–Trinajstić information content (AvgIpc) is 2.70. The second-order valence-electron chi connectivity index (χ2n) is 6.77. The highest BCUT2D eigenvalue weighted by Crippen LogP contribution is 2.37. The second-order valence-corrected chi connectivity index (χ2v) is 9.06. The lowest BCUT2D eigenvalue weighted by Crippen LogP contribution is -2.57. The fraction of sp³-hybridized carbons (Fsp3) is 0.350. The van der Waals surface area contributed by atoms with E-state index in [9.17, 15) is 13.2 Å². The normalized spacial score (nSPS) is 21.0. The molecule has 0 aliphatic carbocycles. The van der Waals surface area contributed by atoms with Crippen LogP contribution in [0.3, 0.4) is 0 Å². The van der Waals surface area contributed by atoms with E-state index in [-0.39, 0.29) is 6.42 Å². The summed E-state index contributed by atoms with van der Waals surface area (Å²) in [6, 6.07) is 13.8. The van der Waals surface area contributed by atoms with Crippen LogP contribution in [0.25, 0.3) is 0 Å². The van der Waals surface area contributed by atoms with Crippen LogP contribution in [0.1, 0.15) is 19.8 Å². The molecular formula is C20H24N2O5S. The van der Waals surface area contributed by atoms with Gasteiger partial charge in [-0.25, -0.2) is 8.42 Å². The smallest absolute Gasteiger partial charge is 0.249 e. The highest BCUT2D eigenvalue weighted by Gasteiger charge is 2.52. The van der Waals surface area contributed by atoms with E-state index >= 15 is 0 Å². The minimum atomic E-state index is -3.91. The lowest BCUT2D eigenvalue weighted by atomic mass is 10.0. The zero-order chi connectivity index (χ0) is 20.4. The summed E-state index contributed by atoms with van der Waals surface area (Å²) >= 11 is 0. The van der Waals surface area contributed by atoms with Gasteiger partial charge in [0.1, 0.15) is 11.5 Å². The highest BCUT2D eigenvalue weighted by atomic mass is 32.2. The molecule has 0 aromatic heterocycles. The van der Waals surface area contributed by atoms with Gasteiger partial charge in [-0.15, -0.1) is 0 Å². The molecule has 1 atom stereocenters. The fourth-order valence-electron chi connectivity index (χ4n) is 3.30. The number of para-hydroxylation sites is 1. The van der Waals surface area contributed by atoms with Gasteiger partial charge >= 0.3 is 0 Å². The van der Waals surface area contributed by atoms with Gasteiger partial charge in [0, 0.05) is 12.6 Å². The molecule has 7 nitrogen and oxygen atoms in total. The van der Waals surface area contributed by atoms with Crippen LogP contribution >= 0.6 is 0 Å². The Balaban J connectivity index is 1.92. The van der Waals surface area contributed by atoms with E-state index in [0.29, 0.717) is 35.8 Å². The van der Waals surface area contributed by atoms with Crippen molar-refractivity contribution in [2.24, 2.45) is 0 Å². The molecule has 0 unspecified atom stereocenters. The van der Waals surface area contributed by atoms with E-state index < -0.39 is 20.7 Å². The minimum Gasteiger partial charge on any atom is -0.497 e. The maximum absolute atomic E-state index is 13.3. The summed E-state index contributed by atoms with van der Waals surface area (Å²) < 4.78 is 36.9. The summed E-state index contributed by atoms with van der Waals surface area (Å²) in [6.45, 7) is 1.82. The first-order chi connectivity index (χ1) is 13.3. The largest absolute Gasteiger partial charge is 0.497 e. The lowest BCUT2D eigenvalue weighted by molar-refractivity contribution is -0.118. The van der Waals surface area contributed by atoms with Crippen LogP contribution in [-0.4, -0.2) is 39.8 Å². The van der Waals surface area contributed by atoms with Crippen molar-refractivity contribution in [3.05, 3.63) is 48.5 Å². The molecule has 1 heterocycles. The molecule has 1 aliphatic rings. The molecule has 2 aromatic carbocycles. The molecule has 0 spiro atoms. The first kappa shape index (κ1) is 20.0. The second kappa shape index (κ2) is 7.71. The Labute approximate surface area is 165 Å². The number of ether oxygens (including phenoxy) is 2. The first-order valence-electron chi connectivity index (χ1n) is 8.94. The van der Waals surface area contributed by atoms with E-state index in [0.717, 1.165) is 0 Å². The van der Waals surface area contributed by atoms with Crippen LogP contribution in [0, 0.1) is 0 Å². The molecule has 150 valence electrons. The van der Waals surface area contributed by atoms with E-state index in [1.165, 1.54) is 25.4 Å². The van der Waals surface area contributed by atoms with Crippen LogP contribution in [0.15, 0.2) is 48.5 Å². The van der Waals surface area contributed by atoms with E-state index in [1.807, 2.05) is 6.07 Å². The Morgan fingerprint density at radius 1 is 1.11 bits per heavy atom. The molecule has 1 amide bonds. The van der Waals surface area contributed by atoms with Crippen molar-refractivity contribution in [1.29, 1.82) is 0 Å². The molecule has 2 aromatic rings. The van der Waals surface area contributed by atoms with Gasteiger partial charge in [-0.05, 0) is 44.0 Å². The number of methoxy groups -OCH3 is 2. The zero-order valence-electron chi connectivity index (χ0n) is 16.1. The van der Waals surface area contributed by atoms with E-state index in [2.05, 4.69) is 5.32 Å². The van der Waals surface area contributed by atoms with Gasteiger partial charge < -0.3 is 14.8 Å². The molecule has 1 N–H and O–H groups in total. The van der Waals surface area contributed by atoms with Gasteiger partial charge in [0.05, 0.1) is 25.6 Å². The number of nitrogens with one attached hydrogen (secondary N) is 1. The lowest BCUT2D eigenvalue weighted by Gasteiger charge is -2.39. The van der Waals surface area contributed by atoms with Crippen LogP contribution in [-0.2, 0) is 14.8 Å². The number of amides is 1. The predicted octanol–water partition coefficient (Wildman–Crippen LogP) is 3.03. The van der Waals surface area contributed by atoms with E-state index in [4.69, 9.17) is 9.47 Å². The summed E-state index contributed by atoms with van der Waals surface area (Å²) in [6.07, 6.45) is 0.820. The highest BCUT2D eigenvalue weighted by molar-refractivity contribution is 7.95. The van der Waals surface area contributed by atoms with Gasteiger partial charge in [-0.3, -0.25) is 9.10 Å². The topological polar surface area (TPSA) is 84.9 Å². The maximum Gasteiger partial charge on any atom is 0.249 e. The number of hydrogen-bond acceptors (Lipinski definition) is 5. The van der Waals surface area contributed by atoms with Crippen molar-refractivity contribution in [3.63, 3.8) is 0 Å². The number of carbonyl (C=O) groups is 1. The van der Waals surface area contributed by atoms with Crippen LogP contribution in [0.2, 0.25) is 0 Å². The Hall–Kier alpha value is -2.74. The molecule has 1 fully saturated rings. The van der Waals surface area contributed by atoms with Crippen LogP contribution in [0.4, 0.5) is 11.4 Å². The molecule has 1 aliphatic heterocycles. The Morgan fingerprint density at radius 3 is 2.46 bits per heavy atom. The third-order valence-electron chi connectivity index (χ3n) is 5.06. The summed E-state index contributed by atoms with van der Waals surface area (Å²) in [5.41, 5.74) is 0.949. The van der Waals surface area contributed by atoms with Crippen LogP contribution < -0.4 is 19.1 Å². The monoisotopic (exact) mass is 404 g/mol. The maximum atomic E-state index is 13.3. The third-order valence-corrected chi connectivity index (χ3v) is 7.56. The molecular weight excluding hydrogens is 380 g/mol. The third kappa shape index (κ3) is 3.40. The molecule has 8 heteroatoms. The van der Waals surface area contributed by atoms with Crippen molar-refractivity contribution in [2.45, 2.75) is 24.5 Å². The van der Waals surface area contributed by atoms with Gasteiger partial charge in [-0.1, -0.05) is 18.2 Å². The van der Waals surface area contributed by atoms with Crippen molar-refractivity contribution >= 4 is 27.3 Å². The van der Waals surface area contributed by atoms with Gasteiger partial charge in [0.2, 0.25) is 15.9 Å². The van der Waals surface area contributed by atoms with Crippen LogP contribution in [0.5, 0.6) is 11.5 Å². The molecule has 28 heavy (non-hydrogen) atoms. The standard InChI is InChI=1S/C20H24N2O5S/c1-20(19(23)21-17-11-10-16(26-2)14-18(17)27-3)12-7-13-22(28(20,24)25)15-8-5-4-6-9-15/h4-6,8-11,14H,7,12-13H2,1-3H3,(H,21,23)/t20-/m1/s1. The number of rotatable bonds is 5. The molecule has 1 saturated heterocycles. The number of anilines is 2. The molecule has 0 bridgehead atoms. The van der Waals surface area contributed by atoms with Gasteiger partial charge in [-0.2, -0.15) is 0 Å². The SMILES string of the molecule is COc1ccc(NC(=O)[C@@]2(C)CCCN(c3ccccc3)S2(=O)=O)c(OC)c1. The average molecular weight is 404 g/mol. The molecule has 0 radical (unpaired) electrons. The fourth-order valence-corrected chi connectivity index (χ4v) is 5.24. The number of carbonyl (C=O) groups excluding carboxylic acids is 1. The molecule has 0 saturated carbocycles. The van der Waals surface area contributed by atoms with Crippen molar-refractivity contribution in [3.8, 4) is 11.5 Å².